The first-order valence-corrected chi connectivity index (χ1v) is 9.65. The van der Waals surface area contributed by atoms with E-state index in [0.717, 1.165) is 18.4 Å². The molecule has 0 heterocycles. The van der Waals surface area contributed by atoms with Crippen LogP contribution in [0, 0.1) is 11.3 Å². The van der Waals surface area contributed by atoms with Crippen LogP contribution in [0.4, 0.5) is 0 Å². The standard InChI is InChI=1S/C20H22Cl2O4/c1-20(13-6-2-3-7-13)11-12-10-14(26-9-5-4-8-15(23)24)17(21)18(22)16(12)19(20)25/h4-5,10,13H,2-3,6-9,11H2,1H3,(H,23,24)/b5-4+. The molecule has 1 aromatic rings. The molecular weight excluding hydrogens is 375 g/mol. The van der Waals surface area contributed by atoms with Crippen LogP contribution in [0.2, 0.25) is 10.0 Å². The Morgan fingerprint density at radius 1 is 1.31 bits per heavy atom. The Morgan fingerprint density at radius 3 is 2.65 bits per heavy atom. The first-order chi connectivity index (χ1) is 12.3. The molecule has 0 spiro atoms. The highest BCUT2D eigenvalue weighted by Crippen LogP contribution is 2.52. The molecule has 2 aliphatic carbocycles. The summed E-state index contributed by atoms with van der Waals surface area (Å²) in [6, 6.07) is 1.81. The Morgan fingerprint density at radius 2 is 2.00 bits per heavy atom. The zero-order chi connectivity index (χ0) is 18.9. The van der Waals surface area contributed by atoms with E-state index in [-0.39, 0.29) is 28.9 Å². The molecule has 0 aliphatic heterocycles. The predicted molar refractivity (Wildman–Crippen MR) is 101 cm³/mol. The first-order valence-electron chi connectivity index (χ1n) is 8.90. The number of halogens is 2. The van der Waals surface area contributed by atoms with Crippen LogP contribution in [0.15, 0.2) is 18.2 Å². The van der Waals surface area contributed by atoms with Crippen LogP contribution >= 0.6 is 23.2 Å². The molecule has 0 radical (unpaired) electrons. The third kappa shape index (κ3) is 3.49. The van der Waals surface area contributed by atoms with Crippen molar-refractivity contribution in [3.63, 3.8) is 0 Å². The smallest absolute Gasteiger partial charge is 0.307 e. The zero-order valence-electron chi connectivity index (χ0n) is 14.7. The molecule has 0 amide bonds. The minimum Gasteiger partial charge on any atom is -0.488 e. The highest BCUT2D eigenvalue weighted by molar-refractivity contribution is 6.45. The van der Waals surface area contributed by atoms with E-state index in [1.54, 1.807) is 6.08 Å². The summed E-state index contributed by atoms with van der Waals surface area (Å²) < 4.78 is 5.65. The number of hydrogen-bond donors (Lipinski definition) is 1. The van der Waals surface area contributed by atoms with Crippen LogP contribution in [-0.4, -0.2) is 23.5 Å². The normalized spacial score (nSPS) is 23.0. The lowest BCUT2D eigenvalue weighted by Crippen LogP contribution is -2.32. The van der Waals surface area contributed by atoms with Crippen molar-refractivity contribution in [2.45, 2.75) is 45.4 Å². The summed E-state index contributed by atoms with van der Waals surface area (Å²) in [5.41, 5.74) is 1.02. The Labute approximate surface area is 163 Å². The summed E-state index contributed by atoms with van der Waals surface area (Å²) in [6.07, 6.45) is 8.26. The third-order valence-corrected chi connectivity index (χ3v) is 6.46. The lowest BCUT2D eigenvalue weighted by Gasteiger charge is -2.29. The topological polar surface area (TPSA) is 63.6 Å². The van der Waals surface area contributed by atoms with Gasteiger partial charge in [-0.25, -0.2) is 0 Å². The van der Waals surface area contributed by atoms with Crippen LogP contribution in [0.25, 0.3) is 0 Å². The molecule has 4 nitrogen and oxygen atoms in total. The van der Waals surface area contributed by atoms with Crippen molar-refractivity contribution in [1.82, 2.24) is 0 Å². The molecule has 1 aromatic carbocycles. The Balaban J connectivity index is 1.81. The highest BCUT2D eigenvalue weighted by atomic mass is 35.5. The fraction of sp³-hybridized carbons (Fsp3) is 0.500. The summed E-state index contributed by atoms with van der Waals surface area (Å²) >= 11 is 12.8. The van der Waals surface area contributed by atoms with Crippen LogP contribution in [0.1, 0.15) is 54.9 Å². The lowest BCUT2D eigenvalue weighted by atomic mass is 9.73. The van der Waals surface area contributed by atoms with Gasteiger partial charge in [-0.3, -0.25) is 9.59 Å². The van der Waals surface area contributed by atoms with Gasteiger partial charge in [0.15, 0.2) is 5.78 Å². The van der Waals surface area contributed by atoms with Gasteiger partial charge in [0, 0.05) is 11.0 Å². The molecule has 1 fully saturated rings. The summed E-state index contributed by atoms with van der Waals surface area (Å²) in [7, 11) is 0. The lowest BCUT2D eigenvalue weighted by molar-refractivity contribution is -0.136. The van der Waals surface area contributed by atoms with Gasteiger partial charge in [0.2, 0.25) is 0 Å². The fourth-order valence-electron chi connectivity index (χ4n) is 4.19. The number of carbonyl (C=O) groups is 2. The van der Waals surface area contributed by atoms with E-state index in [4.69, 9.17) is 33.0 Å². The van der Waals surface area contributed by atoms with Gasteiger partial charge in [-0.2, -0.15) is 0 Å². The van der Waals surface area contributed by atoms with Gasteiger partial charge in [0.25, 0.3) is 0 Å². The Kier molecular flexibility index (Phi) is 5.64. The second-order valence-electron chi connectivity index (χ2n) is 7.32. The molecular formula is C20H22Cl2O4. The molecule has 1 unspecified atom stereocenters. The number of rotatable bonds is 6. The fourth-order valence-corrected chi connectivity index (χ4v) is 4.69. The van der Waals surface area contributed by atoms with E-state index in [1.165, 1.54) is 18.9 Å². The van der Waals surface area contributed by atoms with Crippen molar-refractivity contribution in [3.8, 4) is 5.75 Å². The quantitative estimate of drug-likeness (QED) is 0.659. The van der Waals surface area contributed by atoms with Gasteiger partial charge in [-0.1, -0.05) is 55.1 Å². The third-order valence-electron chi connectivity index (χ3n) is 5.61. The van der Waals surface area contributed by atoms with Gasteiger partial charge in [0.1, 0.15) is 17.4 Å². The van der Waals surface area contributed by atoms with Gasteiger partial charge in [0.05, 0.1) is 11.4 Å². The van der Waals surface area contributed by atoms with E-state index in [0.29, 0.717) is 23.7 Å². The largest absolute Gasteiger partial charge is 0.488 e. The summed E-state index contributed by atoms with van der Waals surface area (Å²) in [4.78, 5) is 23.6. The van der Waals surface area contributed by atoms with Crippen molar-refractivity contribution in [3.05, 3.63) is 39.4 Å². The second-order valence-corrected chi connectivity index (χ2v) is 8.08. The number of benzene rings is 1. The minimum absolute atomic E-state index is 0.0592. The maximum atomic E-state index is 13.1. The monoisotopic (exact) mass is 396 g/mol. The average Bonchev–Trinajstić information content (AvgIpc) is 3.20. The molecule has 0 aromatic heterocycles. The molecule has 1 N–H and O–H groups in total. The molecule has 3 rings (SSSR count). The number of carboxylic acid groups (broad SMARTS) is 1. The molecule has 0 saturated heterocycles. The Bertz CT molecular complexity index is 766. The second kappa shape index (κ2) is 7.61. The number of ether oxygens (including phenoxy) is 1. The number of Topliss-reactive ketones (excluding diaryl/α,β-unsaturated/α-hetero) is 1. The number of aliphatic carboxylic acids is 1. The van der Waals surface area contributed by atoms with E-state index >= 15 is 0 Å². The van der Waals surface area contributed by atoms with E-state index in [1.807, 2.05) is 13.0 Å². The molecule has 0 bridgehead atoms. The zero-order valence-corrected chi connectivity index (χ0v) is 16.2. The van der Waals surface area contributed by atoms with Crippen molar-refractivity contribution >= 4 is 35.0 Å². The van der Waals surface area contributed by atoms with Crippen LogP contribution in [-0.2, 0) is 11.2 Å². The number of hydrogen-bond acceptors (Lipinski definition) is 3. The first kappa shape index (κ1) is 19.2. The number of fused-ring (bicyclic) bond motifs is 1. The minimum atomic E-state index is -0.899. The van der Waals surface area contributed by atoms with Crippen LogP contribution in [0.3, 0.4) is 0 Å². The SMILES string of the molecule is CC1(C2CCCC2)Cc2cc(OC/C=C/CC(=O)O)c(Cl)c(Cl)c2C1=O. The van der Waals surface area contributed by atoms with Crippen LogP contribution in [0.5, 0.6) is 5.75 Å². The molecule has 1 atom stereocenters. The molecule has 26 heavy (non-hydrogen) atoms. The van der Waals surface area contributed by atoms with Crippen LogP contribution < -0.4 is 4.74 Å². The predicted octanol–water partition coefficient (Wildman–Crippen LogP) is 5.34. The molecule has 6 heteroatoms. The van der Waals surface area contributed by atoms with Gasteiger partial charge >= 0.3 is 5.97 Å². The number of carboxylic acids is 1. The van der Waals surface area contributed by atoms with Gasteiger partial charge < -0.3 is 9.84 Å². The summed E-state index contributed by atoms with van der Waals surface area (Å²) in [5.74, 6) is 0.0169. The summed E-state index contributed by atoms with van der Waals surface area (Å²) in [5, 5.41) is 9.12. The van der Waals surface area contributed by atoms with E-state index in [2.05, 4.69) is 0 Å². The number of carbonyl (C=O) groups excluding carboxylic acids is 1. The van der Waals surface area contributed by atoms with Crippen molar-refractivity contribution in [2.75, 3.05) is 6.61 Å². The molecule has 2 aliphatic rings. The van der Waals surface area contributed by atoms with E-state index < -0.39 is 11.4 Å². The molecule has 1 saturated carbocycles. The maximum absolute atomic E-state index is 13.1. The van der Waals surface area contributed by atoms with E-state index in [9.17, 15) is 9.59 Å². The summed E-state index contributed by atoms with van der Waals surface area (Å²) in [6.45, 7) is 2.24. The van der Waals surface area contributed by atoms with Gasteiger partial charge in [-0.15, -0.1) is 0 Å². The number of ketones is 1. The van der Waals surface area contributed by atoms with Crippen molar-refractivity contribution in [2.24, 2.45) is 11.3 Å². The average molecular weight is 397 g/mol. The highest BCUT2D eigenvalue weighted by Gasteiger charge is 2.49. The maximum Gasteiger partial charge on any atom is 0.307 e. The molecule has 140 valence electrons. The van der Waals surface area contributed by atoms with Crippen molar-refractivity contribution < 1.29 is 19.4 Å². The Hall–Kier alpha value is -1.52. The van der Waals surface area contributed by atoms with Gasteiger partial charge in [-0.05, 0) is 36.8 Å². The van der Waals surface area contributed by atoms with Crippen molar-refractivity contribution in [1.29, 1.82) is 0 Å².